The van der Waals surface area contributed by atoms with Gasteiger partial charge in [0.25, 0.3) is 0 Å². The first-order chi connectivity index (χ1) is 10.9. The van der Waals surface area contributed by atoms with Crippen LogP contribution in [0.4, 0.5) is 0 Å². The van der Waals surface area contributed by atoms with Crippen molar-refractivity contribution in [2.24, 2.45) is 0 Å². The highest BCUT2D eigenvalue weighted by Gasteiger charge is 2.19. The number of H-pyrrole nitrogens is 1. The number of rotatable bonds is 3. The molecule has 0 amide bonds. The maximum Gasteiger partial charge on any atom is 0.123 e. The monoisotopic (exact) mass is 361 g/mol. The molecular weight excluding hydrogens is 341 g/mol. The van der Waals surface area contributed by atoms with E-state index >= 15 is 0 Å². The van der Waals surface area contributed by atoms with Crippen LogP contribution < -0.4 is 5.32 Å². The molecule has 0 saturated carbocycles. The summed E-state index contributed by atoms with van der Waals surface area (Å²) in [6.07, 6.45) is 4.33. The van der Waals surface area contributed by atoms with Gasteiger partial charge in [-0.05, 0) is 36.1 Å². The first kappa shape index (κ1) is 18.5. The van der Waals surface area contributed by atoms with E-state index in [1.54, 1.807) is 0 Å². The van der Waals surface area contributed by atoms with Crippen LogP contribution in [0.2, 0.25) is 0 Å². The number of imidazole rings is 1. The fraction of sp³-hybridized carbons (Fsp3) is 0.211. The number of hydrogen-bond acceptors (Lipinski definition) is 2. The van der Waals surface area contributed by atoms with Gasteiger partial charge in [0.2, 0.25) is 0 Å². The minimum absolute atomic E-state index is 0. The first-order valence-corrected chi connectivity index (χ1v) is 7.84. The van der Waals surface area contributed by atoms with Crippen molar-refractivity contribution in [3.63, 3.8) is 0 Å². The third-order valence-corrected chi connectivity index (χ3v) is 4.29. The predicted octanol–water partition coefficient (Wildman–Crippen LogP) is 5.01. The zero-order valence-corrected chi connectivity index (χ0v) is 14.9. The quantitative estimate of drug-likeness (QED) is 0.688. The average molecular weight is 362 g/mol. The molecule has 1 aromatic heterocycles. The maximum absolute atomic E-state index is 4.54. The van der Waals surface area contributed by atoms with Crippen LogP contribution in [-0.2, 0) is 0 Å². The number of halogens is 2. The molecule has 1 fully saturated rings. The Morgan fingerprint density at radius 2 is 1.50 bits per heavy atom. The minimum Gasteiger partial charge on any atom is -0.341 e. The van der Waals surface area contributed by atoms with Gasteiger partial charge in [0.1, 0.15) is 5.82 Å². The van der Waals surface area contributed by atoms with Gasteiger partial charge >= 0.3 is 0 Å². The molecule has 1 unspecified atom stereocenters. The van der Waals surface area contributed by atoms with Crippen LogP contribution in [-0.4, -0.2) is 16.5 Å². The second-order valence-electron chi connectivity index (χ2n) is 5.77. The zero-order valence-electron chi connectivity index (χ0n) is 13.2. The first-order valence-electron chi connectivity index (χ1n) is 7.84. The average Bonchev–Trinajstić information content (AvgIpc) is 3.27. The number of nitrogens with zero attached hydrogens (tertiary/aromatic N) is 1. The van der Waals surface area contributed by atoms with Crippen LogP contribution in [0.25, 0.3) is 22.4 Å². The Morgan fingerprint density at radius 3 is 2.17 bits per heavy atom. The minimum atomic E-state index is 0. The molecule has 1 atom stereocenters. The fourth-order valence-electron chi connectivity index (χ4n) is 3.05. The van der Waals surface area contributed by atoms with Crippen molar-refractivity contribution in [3.8, 4) is 22.4 Å². The molecule has 126 valence electrons. The molecule has 4 rings (SSSR count). The highest BCUT2D eigenvalue weighted by Crippen LogP contribution is 2.26. The van der Waals surface area contributed by atoms with Gasteiger partial charge in [0, 0.05) is 0 Å². The summed E-state index contributed by atoms with van der Waals surface area (Å²) in [5.41, 5.74) is 4.75. The maximum atomic E-state index is 4.54. The van der Waals surface area contributed by atoms with Crippen LogP contribution in [0.5, 0.6) is 0 Å². The summed E-state index contributed by atoms with van der Waals surface area (Å²) in [6, 6.07) is 19.5. The second-order valence-corrected chi connectivity index (χ2v) is 5.77. The molecule has 1 aliphatic heterocycles. The van der Waals surface area contributed by atoms with E-state index < -0.39 is 0 Å². The summed E-state index contributed by atoms with van der Waals surface area (Å²) in [6.45, 7) is 1.09. The van der Waals surface area contributed by atoms with Crippen LogP contribution in [0.3, 0.4) is 0 Å². The topological polar surface area (TPSA) is 40.7 Å². The number of hydrogen-bond donors (Lipinski definition) is 2. The van der Waals surface area contributed by atoms with E-state index in [9.17, 15) is 0 Å². The van der Waals surface area contributed by atoms with E-state index in [-0.39, 0.29) is 24.8 Å². The third kappa shape index (κ3) is 3.81. The van der Waals surface area contributed by atoms with Crippen LogP contribution in [0.1, 0.15) is 24.7 Å². The number of benzene rings is 2. The van der Waals surface area contributed by atoms with Crippen molar-refractivity contribution in [2.75, 3.05) is 6.54 Å². The summed E-state index contributed by atoms with van der Waals surface area (Å²) in [4.78, 5) is 7.99. The zero-order chi connectivity index (χ0) is 14.8. The Labute approximate surface area is 154 Å². The molecule has 3 nitrogen and oxygen atoms in total. The highest BCUT2D eigenvalue weighted by molar-refractivity contribution is 5.85. The summed E-state index contributed by atoms with van der Waals surface area (Å²) in [7, 11) is 0. The van der Waals surface area contributed by atoms with Gasteiger partial charge < -0.3 is 10.3 Å². The predicted molar refractivity (Wildman–Crippen MR) is 104 cm³/mol. The van der Waals surface area contributed by atoms with Crippen molar-refractivity contribution in [2.45, 2.75) is 18.9 Å². The molecule has 24 heavy (non-hydrogen) atoms. The van der Waals surface area contributed by atoms with Crippen molar-refractivity contribution >= 4 is 24.8 Å². The van der Waals surface area contributed by atoms with Gasteiger partial charge in [-0.3, -0.25) is 0 Å². The van der Waals surface area contributed by atoms with Crippen LogP contribution in [0.15, 0.2) is 60.8 Å². The van der Waals surface area contributed by atoms with Gasteiger partial charge in [-0.25, -0.2) is 4.98 Å². The van der Waals surface area contributed by atoms with E-state index in [1.165, 1.54) is 29.5 Å². The second kappa shape index (κ2) is 8.34. The van der Waals surface area contributed by atoms with Gasteiger partial charge in [0.15, 0.2) is 0 Å². The van der Waals surface area contributed by atoms with Crippen molar-refractivity contribution in [1.29, 1.82) is 0 Å². The smallest absolute Gasteiger partial charge is 0.123 e. The molecule has 0 radical (unpaired) electrons. The molecule has 1 saturated heterocycles. The molecule has 1 aliphatic rings. The van der Waals surface area contributed by atoms with Crippen LogP contribution in [0, 0.1) is 0 Å². The lowest BCUT2D eigenvalue weighted by molar-refractivity contribution is 0.613. The Morgan fingerprint density at radius 1 is 0.833 bits per heavy atom. The fourth-order valence-corrected chi connectivity index (χ4v) is 3.05. The summed E-state index contributed by atoms with van der Waals surface area (Å²) < 4.78 is 0. The molecule has 2 N–H and O–H groups in total. The summed E-state index contributed by atoms with van der Waals surface area (Å²) in [5, 5.41) is 3.47. The lowest BCUT2D eigenvalue weighted by Gasteiger charge is -2.06. The Hall–Kier alpha value is -1.81. The van der Waals surface area contributed by atoms with Crippen LogP contribution >= 0.6 is 24.8 Å². The molecule has 2 aromatic carbocycles. The molecule has 0 spiro atoms. The van der Waals surface area contributed by atoms with Gasteiger partial charge in [-0.1, -0.05) is 54.6 Å². The van der Waals surface area contributed by atoms with E-state index in [0.29, 0.717) is 6.04 Å². The number of nitrogens with one attached hydrogen (secondary N) is 2. The molecular formula is C19H21Cl2N3. The Kier molecular flexibility index (Phi) is 6.44. The van der Waals surface area contributed by atoms with Crippen molar-refractivity contribution < 1.29 is 0 Å². The van der Waals surface area contributed by atoms with Crippen molar-refractivity contribution in [1.82, 2.24) is 15.3 Å². The SMILES string of the molecule is Cl.Cl.c1ccc(-c2ccc(-c3cnc(C4CCCN4)[nH]3)cc2)cc1. The molecule has 0 bridgehead atoms. The van der Waals surface area contributed by atoms with E-state index in [2.05, 4.69) is 63.8 Å². The third-order valence-electron chi connectivity index (χ3n) is 4.29. The normalized spacial score (nSPS) is 16.2. The molecule has 5 heteroatoms. The lowest BCUT2D eigenvalue weighted by Crippen LogP contribution is -2.14. The Balaban J connectivity index is 0.00000104. The molecule has 0 aliphatic carbocycles. The van der Waals surface area contributed by atoms with Gasteiger partial charge in [0.05, 0.1) is 17.9 Å². The van der Waals surface area contributed by atoms with E-state index in [0.717, 1.165) is 18.1 Å². The van der Waals surface area contributed by atoms with E-state index in [4.69, 9.17) is 0 Å². The number of aromatic amines is 1. The lowest BCUT2D eigenvalue weighted by atomic mass is 10.0. The standard InChI is InChI=1S/C19H19N3.2ClH/c1-2-5-14(6-3-1)15-8-10-16(11-9-15)18-13-21-19(22-18)17-7-4-12-20-17;;/h1-3,5-6,8-11,13,17,20H,4,7,12H2,(H,21,22);2*1H. The highest BCUT2D eigenvalue weighted by atomic mass is 35.5. The summed E-state index contributed by atoms with van der Waals surface area (Å²) >= 11 is 0. The molecule has 2 heterocycles. The summed E-state index contributed by atoms with van der Waals surface area (Å²) in [5.74, 6) is 1.06. The van der Waals surface area contributed by atoms with Gasteiger partial charge in [-0.15, -0.1) is 24.8 Å². The largest absolute Gasteiger partial charge is 0.341 e. The van der Waals surface area contributed by atoms with Gasteiger partial charge in [-0.2, -0.15) is 0 Å². The molecule has 3 aromatic rings. The number of aromatic nitrogens is 2. The Bertz CT molecular complexity index is 748. The van der Waals surface area contributed by atoms with E-state index in [1.807, 2.05) is 12.3 Å². The van der Waals surface area contributed by atoms with Crippen molar-refractivity contribution in [3.05, 3.63) is 66.6 Å².